The Bertz CT molecular complexity index is 776. The highest BCUT2D eigenvalue weighted by Gasteiger charge is 2.52. The Morgan fingerprint density at radius 1 is 1.13 bits per heavy atom. The summed E-state index contributed by atoms with van der Waals surface area (Å²) in [5.41, 5.74) is 4.87. The average Bonchev–Trinajstić information content (AvgIpc) is 3.15. The van der Waals surface area contributed by atoms with Crippen molar-refractivity contribution >= 4 is 6.29 Å². The van der Waals surface area contributed by atoms with E-state index in [4.69, 9.17) is 4.74 Å². The lowest BCUT2D eigenvalue weighted by molar-refractivity contribution is -0.109. The molecule has 0 N–H and O–H groups in total. The molecule has 2 heteroatoms. The van der Waals surface area contributed by atoms with Crippen LogP contribution in [-0.2, 0) is 15.6 Å². The van der Waals surface area contributed by atoms with Crippen molar-refractivity contribution in [2.75, 3.05) is 6.61 Å². The monoisotopic (exact) mass is 306 g/mol. The lowest BCUT2D eigenvalue weighted by Crippen LogP contribution is -2.19. The second-order valence-electron chi connectivity index (χ2n) is 7.80. The zero-order valence-electron chi connectivity index (χ0n) is 13.9. The normalized spacial score (nSPS) is 27.2. The summed E-state index contributed by atoms with van der Waals surface area (Å²) in [6, 6.07) is 14.9. The summed E-state index contributed by atoms with van der Waals surface area (Å²) in [5.74, 6) is 1.16. The van der Waals surface area contributed by atoms with E-state index in [2.05, 4.69) is 57.2 Å². The van der Waals surface area contributed by atoms with Gasteiger partial charge >= 0.3 is 0 Å². The van der Waals surface area contributed by atoms with E-state index in [9.17, 15) is 4.79 Å². The molecule has 1 fully saturated rings. The van der Waals surface area contributed by atoms with Crippen molar-refractivity contribution in [2.24, 2.45) is 5.92 Å². The maximum atomic E-state index is 11.2. The molecule has 0 spiro atoms. The van der Waals surface area contributed by atoms with Crippen molar-refractivity contribution in [1.82, 2.24) is 0 Å². The number of hydrogen-bond donors (Lipinski definition) is 0. The van der Waals surface area contributed by atoms with Gasteiger partial charge in [0.2, 0.25) is 0 Å². The first-order chi connectivity index (χ1) is 11.0. The Hall–Kier alpha value is -2.09. The topological polar surface area (TPSA) is 26.3 Å². The minimum atomic E-state index is -0.0149. The summed E-state index contributed by atoms with van der Waals surface area (Å²) in [6.07, 6.45) is 2.06. The molecule has 0 saturated heterocycles. The fourth-order valence-electron chi connectivity index (χ4n) is 3.71. The van der Waals surface area contributed by atoms with E-state index in [0.717, 1.165) is 24.0 Å². The molecule has 0 aromatic heterocycles. The highest BCUT2D eigenvalue weighted by molar-refractivity contribution is 5.76. The Morgan fingerprint density at radius 3 is 2.52 bits per heavy atom. The predicted molar refractivity (Wildman–Crippen MR) is 91.9 cm³/mol. The van der Waals surface area contributed by atoms with Crippen molar-refractivity contribution in [3.8, 4) is 16.9 Å². The summed E-state index contributed by atoms with van der Waals surface area (Å²) in [4.78, 5) is 11.2. The number of rotatable bonds is 3. The number of ether oxygens (including phenoxy) is 1. The van der Waals surface area contributed by atoms with Gasteiger partial charge < -0.3 is 9.53 Å². The lowest BCUT2D eigenvalue weighted by Gasteiger charge is -2.20. The van der Waals surface area contributed by atoms with Crippen LogP contribution in [0.4, 0.5) is 0 Å². The summed E-state index contributed by atoms with van der Waals surface area (Å²) in [5, 5.41) is 0. The van der Waals surface area contributed by atoms with Gasteiger partial charge in [-0.15, -0.1) is 0 Å². The van der Waals surface area contributed by atoms with Crippen LogP contribution < -0.4 is 4.74 Å². The molecule has 0 amide bonds. The van der Waals surface area contributed by atoms with E-state index in [1.165, 1.54) is 16.7 Å². The third-order valence-electron chi connectivity index (χ3n) is 5.61. The maximum absolute atomic E-state index is 11.2. The first kappa shape index (κ1) is 14.5. The Balaban J connectivity index is 1.93. The molecule has 23 heavy (non-hydrogen) atoms. The minimum absolute atomic E-state index is 0.0107. The molecule has 2 aliphatic rings. The highest BCUT2D eigenvalue weighted by Crippen LogP contribution is 2.56. The Kier molecular flexibility index (Phi) is 2.96. The fraction of sp³-hybridized carbons (Fsp3) is 0.381. The molecule has 1 heterocycles. The van der Waals surface area contributed by atoms with Crippen LogP contribution in [0.25, 0.3) is 11.1 Å². The minimum Gasteiger partial charge on any atom is -0.492 e. The molecular formula is C21H22O2. The molecule has 1 saturated carbocycles. The zero-order chi connectivity index (χ0) is 16.2. The number of carbonyl (C=O) groups is 1. The quantitative estimate of drug-likeness (QED) is 0.780. The number of aldehydes is 1. The van der Waals surface area contributed by atoms with E-state index in [1.807, 2.05) is 6.07 Å². The number of fused-ring (bicyclic) bond motifs is 1. The lowest BCUT2D eigenvalue weighted by atomic mass is 9.81. The van der Waals surface area contributed by atoms with Gasteiger partial charge in [0.05, 0.1) is 6.61 Å². The van der Waals surface area contributed by atoms with Gasteiger partial charge in [-0.3, -0.25) is 0 Å². The van der Waals surface area contributed by atoms with Crippen molar-refractivity contribution < 1.29 is 9.53 Å². The van der Waals surface area contributed by atoms with E-state index in [1.54, 1.807) is 0 Å². The molecule has 2 atom stereocenters. The molecule has 0 unspecified atom stereocenters. The number of hydrogen-bond acceptors (Lipinski definition) is 2. The van der Waals surface area contributed by atoms with Crippen LogP contribution in [0, 0.1) is 5.92 Å². The number of carbonyl (C=O) groups excluding carboxylic acids is 1. The van der Waals surface area contributed by atoms with E-state index in [-0.39, 0.29) is 16.7 Å². The smallest absolute Gasteiger partial charge is 0.131 e. The molecule has 2 aromatic carbocycles. The van der Waals surface area contributed by atoms with Crippen molar-refractivity contribution in [3.05, 3.63) is 53.6 Å². The van der Waals surface area contributed by atoms with Crippen LogP contribution in [0.3, 0.4) is 0 Å². The van der Waals surface area contributed by atoms with Crippen LogP contribution >= 0.6 is 0 Å². The van der Waals surface area contributed by atoms with Gasteiger partial charge in [-0.05, 0) is 23.6 Å². The van der Waals surface area contributed by atoms with Gasteiger partial charge in [0, 0.05) is 27.9 Å². The van der Waals surface area contributed by atoms with Crippen LogP contribution in [-0.4, -0.2) is 12.9 Å². The summed E-state index contributed by atoms with van der Waals surface area (Å²) >= 11 is 0. The van der Waals surface area contributed by atoms with Crippen molar-refractivity contribution in [1.29, 1.82) is 0 Å². The Morgan fingerprint density at radius 2 is 1.87 bits per heavy atom. The average molecular weight is 306 g/mol. The molecule has 4 rings (SSSR count). The first-order valence-electron chi connectivity index (χ1n) is 8.28. The Labute approximate surface area is 137 Å². The maximum Gasteiger partial charge on any atom is 0.131 e. The molecule has 0 bridgehead atoms. The molecule has 1 aliphatic carbocycles. The van der Waals surface area contributed by atoms with Gasteiger partial charge in [0.1, 0.15) is 12.0 Å². The van der Waals surface area contributed by atoms with E-state index in [0.29, 0.717) is 6.61 Å². The van der Waals surface area contributed by atoms with Gasteiger partial charge in [0.15, 0.2) is 0 Å². The summed E-state index contributed by atoms with van der Waals surface area (Å²) in [7, 11) is 0. The third-order valence-corrected chi connectivity index (χ3v) is 5.61. The second kappa shape index (κ2) is 4.70. The van der Waals surface area contributed by atoms with Crippen molar-refractivity contribution in [3.63, 3.8) is 0 Å². The SMILES string of the molecule is CC1(C)COc2c(-c3ccccc3)cc([C@@]3(C)C[C@@H]3C=O)cc21. The van der Waals surface area contributed by atoms with Crippen molar-refractivity contribution in [2.45, 2.75) is 38.0 Å². The zero-order valence-corrected chi connectivity index (χ0v) is 13.9. The van der Waals surface area contributed by atoms with E-state index >= 15 is 0 Å². The molecule has 0 radical (unpaired) electrons. The standard InChI is InChI=1S/C21H22O2/c1-20(2)13-23-19-17(14-7-5-4-6-8-14)9-15(10-18(19)20)21(3)11-16(21)12-22/h4-10,12,16H,11,13H2,1-3H3/t16-,21-/m1/s1. The highest BCUT2D eigenvalue weighted by atomic mass is 16.5. The van der Waals surface area contributed by atoms with E-state index < -0.39 is 0 Å². The van der Waals surface area contributed by atoms with Crippen LogP contribution in [0.15, 0.2) is 42.5 Å². The van der Waals surface area contributed by atoms with Gasteiger partial charge in [0.25, 0.3) is 0 Å². The summed E-state index contributed by atoms with van der Waals surface area (Å²) < 4.78 is 6.07. The first-order valence-corrected chi connectivity index (χ1v) is 8.28. The molecule has 2 nitrogen and oxygen atoms in total. The van der Waals surface area contributed by atoms with Crippen LogP contribution in [0.5, 0.6) is 5.75 Å². The molecular weight excluding hydrogens is 284 g/mol. The van der Waals surface area contributed by atoms with Crippen LogP contribution in [0.2, 0.25) is 0 Å². The van der Waals surface area contributed by atoms with Gasteiger partial charge in [-0.25, -0.2) is 0 Å². The van der Waals surface area contributed by atoms with Gasteiger partial charge in [-0.2, -0.15) is 0 Å². The predicted octanol–water partition coefficient (Wildman–Crippen LogP) is 4.50. The summed E-state index contributed by atoms with van der Waals surface area (Å²) in [6.45, 7) is 7.36. The largest absolute Gasteiger partial charge is 0.492 e. The fourth-order valence-corrected chi connectivity index (χ4v) is 3.71. The van der Waals surface area contributed by atoms with Gasteiger partial charge in [-0.1, -0.05) is 57.2 Å². The number of benzene rings is 2. The molecule has 118 valence electrons. The third kappa shape index (κ3) is 2.12. The van der Waals surface area contributed by atoms with Crippen LogP contribution in [0.1, 0.15) is 38.3 Å². The molecule has 2 aromatic rings. The second-order valence-corrected chi connectivity index (χ2v) is 7.80. The molecule has 1 aliphatic heterocycles.